The molecule has 0 saturated heterocycles. The zero-order chi connectivity index (χ0) is 22.1. The summed E-state index contributed by atoms with van der Waals surface area (Å²) in [7, 11) is 0. The zero-order valence-electron chi connectivity index (χ0n) is 17.9. The second kappa shape index (κ2) is 11.0. The molecule has 0 aromatic heterocycles. The minimum absolute atomic E-state index is 0.0483. The van der Waals surface area contributed by atoms with E-state index in [0.717, 1.165) is 23.1 Å². The van der Waals surface area contributed by atoms with Gasteiger partial charge in [0.2, 0.25) is 5.91 Å². The van der Waals surface area contributed by atoms with E-state index >= 15 is 0 Å². The molecule has 2 N–H and O–H groups in total. The van der Waals surface area contributed by atoms with Crippen molar-refractivity contribution in [2.45, 2.75) is 32.9 Å². The van der Waals surface area contributed by atoms with Crippen LogP contribution in [-0.4, -0.2) is 18.0 Å². The smallest absolute Gasteiger partial charge is 0.408 e. The van der Waals surface area contributed by atoms with E-state index in [-0.39, 0.29) is 18.4 Å². The molecule has 0 saturated carbocycles. The van der Waals surface area contributed by atoms with E-state index < -0.39 is 12.1 Å². The molecule has 0 heterocycles. The van der Waals surface area contributed by atoms with Crippen LogP contribution in [0.2, 0.25) is 0 Å². The van der Waals surface area contributed by atoms with Crippen molar-refractivity contribution in [3.05, 3.63) is 90.5 Å². The Labute approximate surface area is 183 Å². The monoisotopic (exact) mass is 416 g/mol. The third-order valence-corrected chi connectivity index (χ3v) is 5.24. The van der Waals surface area contributed by atoms with Crippen LogP contribution in [0.1, 0.15) is 25.8 Å². The predicted molar refractivity (Wildman–Crippen MR) is 124 cm³/mol. The summed E-state index contributed by atoms with van der Waals surface area (Å²) in [6.07, 6.45) is 0.132. The number of hydrogen-bond donors (Lipinski definition) is 2. The van der Waals surface area contributed by atoms with Crippen molar-refractivity contribution in [1.29, 1.82) is 0 Å². The summed E-state index contributed by atoms with van der Waals surface area (Å²) in [5.74, 6) is -0.314. The van der Waals surface area contributed by atoms with Crippen molar-refractivity contribution in [2.75, 3.05) is 5.32 Å². The average molecular weight is 417 g/mol. The van der Waals surface area contributed by atoms with Gasteiger partial charge in [-0.3, -0.25) is 4.79 Å². The molecular weight excluding hydrogens is 388 g/mol. The number of carbonyl (C=O) groups excluding carboxylic acids is 2. The Kier molecular flexibility index (Phi) is 7.82. The van der Waals surface area contributed by atoms with E-state index in [2.05, 4.69) is 10.6 Å². The molecule has 3 aromatic carbocycles. The molecule has 0 aliphatic rings. The van der Waals surface area contributed by atoms with Gasteiger partial charge in [-0.25, -0.2) is 4.79 Å². The van der Waals surface area contributed by atoms with Gasteiger partial charge in [0.1, 0.15) is 12.6 Å². The zero-order valence-corrected chi connectivity index (χ0v) is 17.9. The van der Waals surface area contributed by atoms with E-state index in [1.54, 1.807) is 0 Å². The Hall–Kier alpha value is -3.60. The number of anilines is 1. The van der Waals surface area contributed by atoms with Gasteiger partial charge in [0, 0.05) is 5.69 Å². The van der Waals surface area contributed by atoms with Crippen LogP contribution in [-0.2, 0) is 16.1 Å². The highest BCUT2D eigenvalue weighted by Crippen LogP contribution is 2.21. The number of nitrogens with one attached hydrogen (secondary N) is 2. The Morgan fingerprint density at radius 2 is 1.42 bits per heavy atom. The number of alkyl carbamates (subject to hydrolysis) is 1. The topological polar surface area (TPSA) is 67.4 Å². The molecular formula is C26H28N2O3. The summed E-state index contributed by atoms with van der Waals surface area (Å²) in [5, 5.41) is 5.63. The Morgan fingerprint density at radius 1 is 0.839 bits per heavy atom. The fraction of sp³-hybridized carbons (Fsp3) is 0.231. The highest BCUT2D eigenvalue weighted by Gasteiger charge is 2.26. The van der Waals surface area contributed by atoms with Crippen molar-refractivity contribution in [3.63, 3.8) is 0 Å². The lowest BCUT2D eigenvalue weighted by atomic mass is 9.98. The molecule has 0 spiro atoms. The van der Waals surface area contributed by atoms with E-state index in [0.29, 0.717) is 5.69 Å². The molecule has 2 atom stereocenters. The van der Waals surface area contributed by atoms with E-state index in [1.807, 2.05) is 98.8 Å². The molecule has 0 aliphatic carbocycles. The largest absolute Gasteiger partial charge is 0.445 e. The van der Waals surface area contributed by atoms with Crippen LogP contribution in [0.5, 0.6) is 0 Å². The van der Waals surface area contributed by atoms with E-state index in [9.17, 15) is 9.59 Å². The summed E-state index contributed by atoms with van der Waals surface area (Å²) < 4.78 is 5.29. The van der Waals surface area contributed by atoms with Crippen LogP contribution in [0.25, 0.3) is 11.1 Å². The van der Waals surface area contributed by atoms with Gasteiger partial charge >= 0.3 is 6.09 Å². The molecule has 2 amide bonds. The SMILES string of the molecule is CC[C@H](C)[C@H](NC(=O)OCc1ccccc1)C(=O)Nc1ccc(-c2ccccc2)cc1. The van der Waals surface area contributed by atoms with E-state index in [1.165, 1.54) is 0 Å². The molecule has 0 bridgehead atoms. The first-order valence-electron chi connectivity index (χ1n) is 10.5. The van der Waals surface area contributed by atoms with Crippen LogP contribution in [0, 0.1) is 5.92 Å². The lowest BCUT2D eigenvalue weighted by Crippen LogP contribution is -2.47. The predicted octanol–water partition coefficient (Wildman–Crippen LogP) is 5.63. The van der Waals surface area contributed by atoms with Gasteiger partial charge in [0.05, 0.1) is 0 Å². The van der Waals surface area contributed by atoms with E-state index in [4.69, 9.17) is 4.74 Å². The van der Waals surface area contributed by atoms with Crippen LogP contribution in [0.3, 0.4) is 0 Å². The lowest BCUT2D eigenvalue weighted by Gasteiger charge is -2.23. The van der Waals surface area contributed by atoms with Crippen molar-refractivity contribution in [2.24, 2.45) is 5.92 Å². The molecule has 5 heteroatoms. The summed E-state index contributed by atoms with van der Waals surface area (Å²) in [6, 6.07) is 26.4. The van der Waals surface area contributed by atoms with Gasteiger partial charge in [0.15, 0.2) is 0 Å². The Morgan fingerprint density at radius 3 is 2.03 bits per heavy atom. The van der Waals surface area contributed by atoms with Gasteiger partial charge in [-0.15, -0.1) is 0 Å². The number of ether oxygens (including phenoxy) is 1. The average Bonchev–Trinajstić information content (AvgIpc) is 2.82. The standard InChI is InChI=1S/C26H28N2O3/c1-3-19(2)24(28-26(30)31-18-20-10-6-4-7-11-20)25(29)27-23-16-14-22(15-17-23)21-12-8-5-9-13-21/h4-17,19,24H,3,18H2,1-2H3,(H,27,29)(H,28,30)/t19-,24-/m0/s1. The number of amides is 2. The van der Waals surface area contributed by atoms with Gasteiger partial charge in [-0.1, -0.05) is 93.1 Å². The third-order valence-electron chi connectivity index (χ3n) is 5.24. The highest BCUT2D eigenvalue weighted by molar-refractivity contribution is 5.97. The van der Waals surface area contributed by atoms with Crippen molar-refractivity contribution in [3.8, 4) is 11.1 Å². The Bertz CT molecular complexity index is 973. The summed E-state index contributed by atoms with van der Waals surface area (Å²) in [6.45, 7) is 4.07. The second-order valence-corrected chi connectivity index (χ2v) is 7.50. The van der Waals surface area contributed by atoms with Gasteiger partial charge in [-0.05, 0) is 34.7 Å². The molecule has 3 rings (SSSR count). The summed E-state index contributed by atoms with van der Waals surface area (Å²) in [5.41, 5.74) is 3.75. The quantitative estimate of drug-likeness (QED) is 0.500. The van der Waals surface area contributed by atoms with Crippen LogP contribution >= 0.6 is 0 Å². The molecule has 3 aromatic rings. The van der Waals surface area contributed by atoms with Crippen molar-refractivity contribution < 1.29 is 14.3 Å². The van der Waals surface area contributed by atoms with Crippen LogP contribution < -0.4 is 10.6 Å². The van der Waals surface area contributed by atoms with Crippen LogP contribution in [0.4, 0.5) is 10.5 Å². The first-order valence-corrected chi connectivity index (χ1v) is 10.5. The van der Waals surface area contributed by atoms with Gasteiger partial charge < -0.3 is 15.4 Å². The molecule has 160 valence electrons. The molecule has 31 heavy (non-hydrogen) atoms. The maximum atomic E-state index is 12.9. The number of hydrogen-bond acceptors (Lipinski definition) is 3. The lowest BCUT2D eigenvalue weighted by molar-refractivity contribution is -0.119. The summed E-state index contributed by atoms with van der Waals surface area (Å²) in [4.78, 5) is 25.2. The third kappa shape index (κ3) is 6.44. The minimum atomic E-state index is -0.693. The highest BCUT2D eigenvalue weighted by atomic mass is 16.5. The van der Waals surface area contributed by atoms with Crippen molar-refractivity contribution >= 4 is 17.7 Å². The molecule has 0 radical (unpaired) electrons. The normalized spacial score (nSPS) is 12.5. The fourth-order valence-corrected chi connectivity index (χ4v) is 3.19. The molecule has 0 unspecified atom stereocenters. The second-order valence-electron chi connectivity index (χ2n) is 7.50. The van der Waals surface area contributed by atoms with Crippen molar-refractivity contribution in [1.82, 2.24) is 5.32 Å². The van der Waals surface area contributed by atoms with Crippen LogP contribution in [0.15, 0.2) is 84.9 Å². The van der Waals surface area contributed by atoms with Gasteiger partial charge in [0.25, 0.3) is 0 Å². The maximum Gasteiger partial charge on any atom is 0.408 e. The number of rotatable bonds is 8. The molecule has 5 nitrogen and oxygen atoms in total. The number of benzene rings is 3. The molecule has 0 fully saturated rings. The van der Waals surface area contributed by atoms with Gasteiger partial charge in [-0.2, -0.15) is 0 Å². The fourth-order valence-electron chi connectivity index (χ4n) is 3.19. The first-order chi connectivity index (χ1) is 15.1. The molecule has 0 aliphatic heterocycles. The first kappa shape index (κ1) is 22.1. The maximum absolute atomic E-state index is 12.9. The number of carbonyl (C=O) groups is 2. The Balaban J connectivity index is 1.61. The summed E-state index contributed by atoms with van der Waals surface area (Å²) >= 11 is 0. The minimum Gasteiger partial charge on any atom is -0.445 e.